The van der Waals surface area contributed by atoms with Gasteiger partial charge in [-0.1, -0.05) is 66.0 Å². The van der Waals surface area contributed by atoms with Crippen molar-refractivity contribution in [3.8, 4) is 0 Å². The van der Waals surface area contributed by atoms with Crippen LogP contribution in [0.4, 0.5) is 5.69 Å². The van der Waals surface area contributed by atoms with Gasteiger partial charge in [0.25, 0.3) is 0 Å². The summed E-state index contributed by atoms with van der Waals surface area (Å²) in [6.45, 7) is 1.97. The highest BCUT2D eigenvalue weighted by Gasteiger charge is 2.25. The molecule has 5 heteroatoms. The van der Waals surface area contributed by atoms with Gasteiger partial charge < -0.3 is 5.32 Å². The molecule has 3 nitrogen and oxygen atoms in total. The topological polar surface area (TPSA) is 41.5 Å². The molecule has 0 unspecified atom stereocenters. The standard InChI is InChI=1S/C21H22N2OS2/c1-14(26-21-23-18-11-5-3-8-16(18)13-25-21)20(24)22-19-12-6-9-15-7-2-4-10-17(15)19/h2-5,7-8,10-11,14,19H,6,9,12-13H2,1H3,(H,22,24)/t14-,19-/m0/s1. The smallest absolute Gasteiger partial charge is 0.233 e. The number of carbonyl (C=O) groups is 1. The van der Waals surface area contributed by atoms with Crippen LogP contribution in [-0.2, 0) is 17.0 Å². The molecule has 2 aliphatic rings. The van der Waals surface area contributed by atoms with E-state index in [0.717, 1.165) is 35.1 Å². The summed E-state index contributed by atoms with van der Waals surface area (Å²) in [4.78, 5) is 17.5. The molecular formula is C21H22N2OS2. The van der Waals surface area contributed by atoms with E-state index in [9.17, 15) is 4.79 Å². The van der Waals surface area contributed by atoms with Crippen molar-refractivity contribution < 1.29 is 4.79 Å². The molecule has 1 aliphatic carbocycles. The van der Waals surface area contributed by atoms with Gasteiger partial charge in [-0.25, -0.2) is 4.99 Å². The summed E-state index contributed by atoms with van der Waals surface area (Å²) >= 11 is 3.28. The van der Waals surface area contributed by atoms with Crippen molar-refractivity contribution in [1.82, 2.24) is 5.32 Å². The second kappa shape index (κ2) is 7.89. The van der Waals surface area contributed by atoms with Crippen molar-refractivity contribution >= 4 is 39.5 Å². The zero-order valence-corrected chi connectivity index (χ0v) is 16.4. The van der Waals surface area contributed by atoms with Gasteiger partial charge in [0, 0.05) is 5.75 Å². The zero-order valence-electron chi connectivity index (χ0n) is 14.8. The maximum atomic E-state index is 12.7. The Kier molecular flexibility index (Phi) is 5.36. The van der Waals surface area contributed by atoms with Crippen LogP contribution in [-0.4, -0.2) is 15.5 Å². The van der Waals surface area contributed by atoms with Crippen LogP contribution >= 0.6 is 23.5 Å². The highest BCUT2D eigenvalue weighted by Crippen LogP contribution is 2.36. The molecule has 134 valence electrons. The number of fused-ring (bicyclic) bond motifs is 2. The van der Waals surface area contributed by atoms with E-state index in [1.165, 1.54) is 16.7 Å². The molecule has 0 saturated heterocycles. The van der Waals surface area contributed by atoms with Gasteiger partial charge >= 0.3 is 0 Å². The van der Waals surface area contributed by atoms with Crippen LogP contribution in [0.25, 0.3) is 0 Å². The van der Waals surface area contributed by atoms with E-state index in [1.807, 2.05) is 25.1 Å². The first-order valence-electron chi connectivity index (χ1n) is 9.05. The van der Waals surface area contributed by atoms with E-state index in [1.54, 1.807) is 23.5 Å². The van der Waals surface area contributed by atoms with E-state index < -0.39 is 0 Å². The van der Waals surface area contributed by atoms with Gasteiger partial charge in [0.1, 0.15) is 4.38 Å². The van der Waals surface area contributed by atoms with Gasteiger partial charge in [0.15, 0.2) is 0 Å². The number of carbonyl (C=O) groups excluding carboxylic acids is 1. The molecule has 4 rings (SSSR count). The highest BCUT2D eigenvalue weighted by molar-refractivity contribution is 8.39. The molecule has 1 amide bonds. The molecule has 0 bridgehead atoms. The quantitative estimate of drug-likeness (QED) is 0.790. The number of aliphatic imine (C=N–C) groups is 1. The minimum absolute atomic E-state index is 0.0962. The summed E-state index contributed by atoms with van der Waals surface area (Å²) in [5.74, 6) is 1.02. The molecule has 0 spiro atoms. The first-order valence-corrected chi connectivity index (χ1v) is 10.9. The number of benzene rings is 2. The number of nitrogens with zero attached hydrogens (tertiary/aromatic N) is 1. The Bertz CT molecular complexity index is 849. The largest absolute Gasteiger partial charge is 0.348 e. The molecule has 0 fully saturated rings. The Morgan fingerprint density at radius 2 is 1.96 bits per heavy atom. The van der Waals surface area contributed by atoms with Crippen molar-refractivity contribution in [2.45, 2.75) is 43.2 Å². The molecule has 1 heterocycles. The number of aryl methyl sites for hydroxylation is 1. The number of para-hydroxylation sites is 1. The molecule has 2 aromatic rings. The fourth-order valence-corrected chi connectivity index (χ4v) is 5.67. The predicted octanol–water partition coefficient (Wildman–Crippen LogP) is 5.24. The van der Waals surface area contributed by atoms with Crippen LogP contribution < -0.4 is 5.32 Å². The molecule has 1 N–H and O–H groups in total. The van der Waals surface area contributed by atoms with Crippen LogP contribution in [0.3, 0.4) is 0 Å². The predicted molar refractivity (Wildman–Crippen MR) is 112 cm³/mol. The maximum Gasteiger partial charge on any atom is 0.233 e. The Morgan fingerprint density at radius 3 is 2.85 bits per heavy atom. The number of thioether (sulfide) groups is 2. The van der Waals surface area contributed by atoms with E-state index in [0.29, 0.717) is 0 Å². The van der Waals surface area contributed by atoms with Gasteiger partial charge in [0.05, 0.1) is 17.0 Å². The lowest BCUT2D eigenvalue weighted by atomic mass is 9.88. The van der Waals surface area contributed by atoms with Crippen LogP contribution in [0.5, 0.6) is 0 Å². The lowest BCUT2D eigenvalue weighted by Crippen LogP contribution is -2.36. The summed E-state index contributed by atoms with van der Waals surface area (Å²) < 4.78 is 0.982. The number of hydrogen-bond acceptors (Lipinski definition) is 4. The lowest BCUT2D eigenvalue weighted by molar-refractivity contribution is -0.121. The fourth-order valence-electron chi connectivity index (χ4n) is 3.47. The second-order valence-electron chi connectivity index (χ2n) is 6.71. The summed E-state index contributed by atoms with van der Waals surface area (Å²) in [7, 11) is 0. The van der Waals surface area contributed by atoms with Crippen LogP contribution in [0.15, 0.2) is 53.5 Å². The van der Waals surface area contributed by atoms with Gasteiger partial charge in [-0.3, -0.25) is 4.79 Å². The maximum absolute atomic E-state index is 12.7. The number of amides is 1. The summed E-state index contributed by atoms with van der Waals surface area (Å²) in [5.41, 5.74) is 4.94. The Hall–Kier alpha value is -1.72. The summed E-state index contributed by atoms with van der Waals surface area (Å²) in [6.07, 6.45) is 3.26. The number of hydrogen-bond donors (Lipinski definition) is 1. The van der Waals surface area contributed by atoms with Crippen molar-refractivity contribution in [2.24, 2.45) is 4.99 Å². The van der Waals surface area contributed by atoms with Crippen molar-refractivity contribution in [3.63, 3.8) is 0 Å². The van der Waals surface area contributed by atoms with Gasteiger partial charge in [0.2, 0.25) is 5.91 Å². The molecule has 1 aliphatic heterocycles. The van der Waals surface area contributed by atoms with E-state index in [-0.39, 0.29) is 17.2 Å². The summed E-state index contributed by atoms with van der Waals surface area (Å²) in [5, 5.41) is 3.11. The minimum atomic E-state index is -0.152. The SMILES string of the molecule is C[C@H](SC1=Nc2ccccc2CS1)C(=O)N[C@H]1CCCc2ccccc21. The monoisotopic (exact) mass is 382 g/mol. The Morgan fingerprint density at radius 1 is 1.19 bits per heavy atom. The number of nitrogens with one attached hydrogen (secondary N) is 1. The Balaban J connectivity index is 1.41. The van der Waals surface area contributed by atoms with Crippen LogP contribution in [0, 0.1) is 0 Å². The van der Waals surface area contributed by atoms with E-state index >= 15 is 0 Å². The third-order valence-corrected chi connectivity index (χ3v) is 7.18. The Labute approximate surface area is 163 Å². The van der Waals surface area contributed by atoms with Crippen molar-refractivity contribution in [1.29, 1.82) is 0 Å². The van der Waals surface area contributed by atoms with Crippen LogP contribution in [0.1, 0.15) is 42.5 Å². The van der Waals surface area contributed by atoms with Gasteiger partial charge in [-0.05, 0) is 48.9 Å². The van der Waals surface area contributed by atoms with Crippen molar-refractivity contribution in [3.05, 3.63) is 65.2 Å². The normalized spacial score (nSPS) is 19.7. The first-order chi connectivity index (χ1) is 12.7. The molecule has 2 atom stereocenters. The third-order valence-electron chi connectivity index (χ3n) is 4.89. The molecular weight excluding hydrogens is 360 g/mol. The fraction of sp³-hybridized carbons (Fsp3) is 0.333. The zero-order chi connectivity index (χ0) is 17.9. The number of rotatable bonds is 3. The van der Waals surface area contributed by atoms with Crippen molar-refractivity contribution in [2.75, 3.05) is 0 Å². The molecule has 0 saturated carbocycles. The molecule has 0 aromatic heterocycles. The first kappa shape index (κ1) is 17.7. The average Bonchev–Trinajstić information content (AvgIpc) is 2.68. The van der Waals surface area contributed by atoms with Gasteiger partial charge in [-0.2, -0.15) is 0 Å². The van der Waals surface area contributed by atoms with E-state index in [2.05, 4.69) is 35.6 Å². The second-order valence-corrected chi connectivity index (χ2v) is 9.26. The highest BCUT2D eigenvalue weighted by atomic mass is 32.2. The lowest BCUT2D eigenvalue weighted by Gasteiger charge is -2.27. The van der Waals surface area contributed by atoms with Crippen LogP contribution in [0.2, 0.25) is 0 Å². The third kappa shape index (κ3) is 3.84. The van der Waals surface area contributed by atoms with E-state index in [4.69, 9.17) is 4.99 Å². The average molecular weight is 383 g/mol. The molecule has 26 heavy (non-hydrogen) atoms. The minimum Gasteiger partial charge on any atom is -0.348 e. The molecule has 0 radical (unpaired) electrons. The molecule has 2 aromatic carbocycles. The summed E-state index contributed by atoms with van der Waals surface area (Å²) in [6, 6.07) is 16.8. The van der Waals surface area contributed by atoms with Gasteiger partial charge in [-0.15, -0.1) is 0 Å².